The Morgan fingerprint density at radius 3 is 2.52 bits per heavy atom. The number of aromatic nitrogens is 2. The first-order chi connectivity index (χ1) is 10.9. The minimum atomic E-state index is -3.96. The van der Waals surface area contributed by atoms with Gasteiger partial charge in [-0.3, -0.25) is 14.6 Å². The lowest BCUT2D eigenvalue weighted by atomic mass is 10.3. The number of nitrogens with zero attached hydrogens (tertiary/aromatic N) is 1. The standard InChI is InChI=1S/C12H11BrN4O5S/c13-6-3-8-9(22-2-1-21-8)5-10(6)23(19,20)17-11-4-7(12(14)18)15-16-11/h3-5H,1-2H2,(H2,14,18)(H2,15,16,17). The fourth-order valence-corrected chi connectivity index (χ4v) is 3.97. The Bertz CT molecular complexity index is 880. The zero-order chi connectivity index (χ0) is 16.6. The number of hydrogen-bond donors (Lipinski definition) is 3. The van der Waals surface area contributed by atoms with E-state index in [9.17, 15) is 13.2 Å². The van der Waals surface area contributed by atoms with Crippen LogP contribution in [0.1, 0.15) is 10.5 Å². The Morgan fingerprint density at radius 2 is 1.91 bits per heavy atom. The number of ether oxygens (including phenoxy) is 2. The summed E-state index contributed by atoms with van der Waals surface area (Å²) < 4.78 is 38.3. The van der Waals surface area contributed by atoms with Crippen molar-refractivity contribution >= 4 is 37.7 Å². The third-order valence-corrected chi connectivity index (χ3v) is 5.28. The number of sulfonamides is 1. The Kier molecular flexibility index (Phi) is 3.90. The fourth-order valence-electron chi connectivity index (χ4n) is 1.94. The van der Waals surface area contributed by atoms with Crippen molar-refractivity contribution in [1.29, 1.82) is 0 Å². The van der Waals surface area contributed by atoms with Crippen LogP contribution in [0, 0.1) is 0 Å². The fraction of sp³-hybridized carbons (Fsp3) is 0.167. The second-order valence-electron chi connectivity index (χ2n) is 4.56. The molecule has 0 fully saturated rings. The van der Waals surface area contributed by atoms with Crippen LogP contribution in [0.3, 0.4) is 0 Å². The van der Waals surface area contributed by atoms with Crippen molar-refractivity contribution in [2.45, 2.75) is 4.90 Å². The smallest absolute Gasteiger partial charge is 0.266 e. The van der Waals surface area contributed by atoms with Crippen LogP contribution in [-0.2, 0) is 10.0 Å². The lowest BCUT2D eigenvalue weighted by molar-refractivity contribution is 0.0995. The molecule has 0 radical (unpaired) electrons. The quantitative estimate of drug-likeness (QED) is 0.692. The Balaban J connectivity index is 1.94. The summed E-state index contributed by atoms with van der Waals surface area (Å²) in [6.45, 7) is 0.732. The molecule has 0 unspecified atom stereocenters. The highest BCUT2D eigenvalue weighted by molar-refractivity contribution is 9.10. The SMILES string of the molecule is NC(=O)c1cc(NS(=O)(=O)c2cc3c(cc2Br)OCCO3)n[nH]1. The summed E-state index contributed by atoms with van der Waals surface area (Å²) in [5, 5.41) is 6.01. The maximum Gasteiger partial charge on any atom is 0.266 e. The molecule has 1 aliphatic rings. The average Bonchev–Trinajstić information content (AvgIpc) is 2.94. The molecule has 0 aliphatic carbocycles. The van der Waals surface area contributed by atoms with Gasteiger partial charge in [0.1, 0.15) is 23.8 Å². The van der Waals surface area contributed by atoms with Gasteiger partial charge in [-0.15, -0.1) is 0 Å². The van der Waals surface area contributed by atoms with E-state index in [0.717, 1.165) is 0 Å². The molecule has 3 rings (SSSR count). The maximum atomic E-state index is 12.5. The van der Waals surface area contributed by atoms with E-state index in [2.05, 4.69) is 30.8 Å². The van der Waals surface area contributed by atoms with Gasteiger partial charge in [0.05, 0.1) is 0 Å². The molecule has 11 heteroatoms. The van der Waals surface area contributed by atoms with Gasteiger partial charge in [0.25, 0.3) is 15.9 Å². The number of hydrogen-bond acceptors (Lipinski definition) is 6. The minimum absolute atomic E-state index is 0.0102. The molecule has 2 heterocycles. The predicted octanol–water partition coefficient (Wildman–Crippen LogP) is 0.843. The molecule has 122 valence electrons. The highest BCUT2D eigenvalue weighted by Crippen LogP contribution is 2.37. The minimum Gasteiger partial charge on any atom is -0.486 e. The number of halogens is 1. The third kappa shape index (κ3) is 3.10. The van der Waals surface area contributed by atoms with Crippen LogP contribution < -0.4 is 19.9 Å². The van der Waals surface area contributed by atoms with E-state index in [0.29, 0.717) is 29.2 Å². The molecular formula is C12H11BrN4O5S. The second-order valence-corrected chi connectivity index (χ2v) is 7.07. The number of amides is 1. The van der Waals surface area contributed by atoms with Gasteiger partial charge in [0, 0.05) is 16.6 Å². The van der Waals surface area contributed by atoms with Gasteiger partial charge in [-0.25, -0.2) is 8.42 Å². The van der Waals surface area contributed by atoms with E-state index in [1.807, 2.05) is 0 Å². The van der Waals surface area contributed by atoms with E-state index in [1.54, 1.807) is 0 Å². The number of rotatable bonds is 4. The lowest BCUT2D eigenvalue weighted by Crippen LogP contribution is -2.18. The van der Waals surface area contributed by atoms with Gasteiger partial charge in [0.2, 0.25) is 0 Å². The number of carbonyl (C=O) groups is 1. The van der Waals surface area contributed by atoms with Crippen LogP contribution in [0.4, 0.5) is 5.82 Å². The van der Waals surface area contributed by atoms with Crippen LogP contribution in [0.25, 0.3) is 0 Å². The topological polar surface area (TPSA) is 136 Å². The average molecular weight is 403 g/mol. The maximum absolute atomic E-state index is 12.5. The molecule has 1 aliphatic heterocycles. The predicted molar refractivity (Wildman–Crippen MR) is 83.0 cm³/mol. The first kappa shape index (κ1) is 15.6. The summed E-state index contributed by atoms with van der Waals surface area (Å²) in [6, 6.07) is 4.07. The second kappa shape index (κ2) is 5.74. The molecule has 0 saturated carbocycles. The number of nitrogens with two attached hydrogens (primary N) is 1. The van der Waals surface area contributed by atoms with Crippen molar-refractivity contribution in [3.05, 3.63) is 28.4 Å². The van der Waals surface area contributed by atoms with E-state index >= 15 is 0 Å². The molecule has 23 heavy (non-hydrogen) atoms. The molecule has 1 aromatic heterocycles. The lowest BCUT2D eigenvalue weighted by Gasteiger charge is -2.19. The van der Waals surface area contributed by atoms with Gasteiger partial charge in [-0.2, -0.15) is 5.10 Å². The van der Waals surface area contributed by atoms with Crippen LogP contribution >= 0.6 is 15.9 Å². The first-order valence-electron chi connectivity index (χ1n) is 6.34. The largest absolute Gasteiger partial charge is 0.486 e. The van der Waals surface area contributed by atoms with Gasteiger partial charge in [-0.05, 0) is 22.0 Å². The molecule has 2 aromatic rings. The number of fused-ring (bicyclic) bond motifs is 1. The summed E-state index contributed by atoms with van der Waals surface area (Å²) >= 11 is 3.20. The molecule has 4 N–H and O–H groups in total. The van der Waals surface area contributed by atoms with Crippen molar-refractivity contribution in [3.8, 4) is 11.5 Å². The number of nitrogens with one attached hydrogen (secondary N) is 2. The van der Waals surface area contributed by atoms with Crippen molar-refractivity contribution < 1.29 is 22.7 Å². The number of primary amides is 1. The summed E-state index contributed by atoms with van der Waals surface area (Å²) in [6.07, 6.45) is 0. The monoisotopic (exact) mass is 402 g/mol. The molecule has 0 spiro atoms. The van der Waals surface area contributed by atoms with Crippen LogP contribution in [0.2, 0.25) is 0 Å². The highest BCUT2D eigenvalue weighted by atomic mass is 79.9. The van der Waals surface area contributed by atoms with Crippen molar-refractivity contribution in [2.24, 2.45) is 5.73 Å². The molecular weight excluding hydrogens is 392 g/mol. The summed E-state index contributed by atoms with van der Waals surface area (Å²) in [5.41, 5.74) is 5.07. The summed E-state index contributed by atoms with van der Waals surface area (Å²) in [4.78, 5) is 10.9. The van der Waals surface area contributed by atoms with Gasteiger partial charge >= 0.3 is 0 Å². The van der Waals surface area contributed by atoms with Crippen molar-refractivity contribution in [3.63, 3.8) is 0 Å². The Morgan fingerprint density at radius 1 is 1.26 bits per heavy atom. The number of aromatic amines is 1. The van der Waals surface area contributed by atoms with Crippen LogP contribution in [0.5, 0.6) is 11.5 Å². The normalized spacial score (nSPS) is 13.6. The molecule has 0 atom stereocenters. The van der Waals surface area contributed by atoms with Gasteiger partial charge < -0.3 is 15.2 Å². The molecule has 1 amide bonds. The van der Waals surface area contributed by atoms with E-state index in [-0.39, 0.29) is 16.4 Å². The molecule has 0 bridgehead atoms. The van der Waals surface area contributed by atoms with E-state index < -0.39 is 15.9 Å². The van der Waals surface area contributed by atoms with Crippen molar-refractivity contribution in [2.75, 3.05) is 17.9 Å². The molecule has 9 nitrogen and oxygen atoms in total. The Hall–Kier alpha value is -2.27. The highest BCUT2D eigenvalue weighted by Gasteiger charge is 2.24. The molecule has 0 saturated heterocycles. The van der Waals surface area contributed by atoms with Gasteiger partial charge in [-0.1, -0.05) is 0 Å². The number of H-pyrrole nitrogens is 1. The zero-order valence-corrected chi connectivity index (χ0v) is 13.9. The van der Waals surface area contributed by atoms with Crippen LogP contribution in [0.15, 0.2) is 27.6 Å². The summed E-state index contributed by atoms with van der Waals surface area (Å²) in [5.74, 6) is -0.0124. The number of anilines is 1. The molecule has 1 aromatic carbocycles. The summed E-state index contributed by atoms with van der Waals surface area (Å²) in [7, 11) is -3.96. The first-order valence-corrected chi connectivity index (χ1v) is 8.61. The van der Waals surface area contributed by atoms with E-state index in [4.69, 9.17) is 15.2 Å². The third-order valence-electron chi connectivity index (χ3n) is 2.97. The van der Waals surface area contributed by atoms with Crippen molar-refractivity contribution in [1.82, 2.24) is 10.2 Å². The van der Waals surface area contributed by atoms with Gasteiger partial charge in [0.15, 0.2) is 17.3 Å². The number of carbonyl (C=O) groups excluding carboxylic acids is 1. The number of benzene rings is 1. The van der Waals surface area contributed by atoms with Crippen LogP contribution in [-0.4, -0.2) is 37.7 Å². The van der Waals surface area contributed by atoms with E-state index in [1.165, 1.54) is 18.2 Å². The Labute approximate surface area is 139 Å². The zero-order valence-electron chi connectivity index (χ0n) is 11.5.